The third kappa shape index (κ3) is 2.67. The predicted octanol–water partition coefficient (Wildman–Crippen LogP) is 1.91. The minimum absolute atomic E-state index is 0.0226. The van der Waals surface area contributed by atoms with Crippen LogP contribution in [-0.2, 0) is 11.3 Å². The molecule has 98 valence electrons. The molecule has 0 spiro atoms. The average molecular weight is 313 g/mol. The Morgan fingerprint density at radius 1 is 1.56 bits per heavy atom. The first-order valence-corrected chi connectivity index (χ1v) is 6.62. The van der Waals surface area contributed by atoms with E-state index in [-0.39, 0.29) is 5.91 Å². The van der Waals surface area contributed by atoms with Crippen LogP contribution in [0.5, 0.6) is 5.75 Å². The molecule has 1 aliphatic rings. The van der Waals surface area contributed by atoms with Crippen molar-refractivity contribution in [1.82, 2.24) is 4.90 Å². The van der Waals surface area contributed by atoms with Crippen LogP contribution in [0.1, 0.15) is 18.4 Å². The van der Waals surface area contributed by atoms with Crippen LogP contribution in [0.3, 0.4) is 0 Å². The topological polar surface area (TPSA) is 55.6 Å². The highest BCUT2D eigenvalue weighted by molar-refractivity contribution is 9.10. The molecule has 0 radical (unpaired) electrons. The van der Waals surface area contributed by atoms with Gasteiger partial charge in [-0.25, -0.2) is 0 Å². The van der Waals surface area contributed by atoms with Crippen molar-refractivity contribution < 1.29 is 9.53 Å². The molecule has 2 N–H and O–H groups in total. The lowest BCUT2D eigenvalue weighted by atomic mass is 10.2. The van der Waals surface area contributed by atoms with Gasteiger partial charge in [-0.05, 0) is 46.5 Å². The number of amides is 1. The zero-order valence-corrected chi connectivity index (χ0v) is 12.2. The quantitative estimate of drug-likeness (QED) is 0.924. The number of halogens is 1. The maximum absolute atomic E-state index is 12.0. The van der Waals surface area contributed by atoms with Crippen LogP contribution >= 0.6 is 15.9 Å². The zero-order chi connectivity index (χ0) is 13.3. The highest BCUT2D eigenvalue weighted by atomic mass is 79.9. The number of nitrogens with two attached hydrogens (primary N) is 1. The molecule has 0 aliphatic heterocycles. The van der Waals surface area contributed by atoms with Crippen LogP contribution in [0.25, 0.3) is 0 Å². The molecule has 1 saturated carbocycles. The van der Waals surface area contributed by atoms with E-state index in [4.69, 9.17) is 10.5 Å². The Hall–Kier alpha value is -1.07. The molecular formula is C13H17BrN2O2. The Morgan fingerprint density at radius 3 is 2.72 bits per heavy atom. The molecule has 2 rings (SSSR count). The van der Waals surface area contributed by atoms with E-state index in [1.165, 1.54) is 0 Å². The third-order valence-corrected chi connectivity index (χ3v) is 3.82. The summed E-state index contributed by atoms with van der Waals surface area (Å²) in [5.41, 5.74) is 6.35. The minimum Gasteiger partial charge on any atom is -0.496 e. The third-order valence-electron chi connectivity index (χ3n) is 3.20. The first-order chi connectivity index (χ1) is 8.46. The number of ether oxygens (including phenoxy) is 1. The Kier molecular flexibility index (Phi) is 3.64. The molecule has 1 aromatic carbocycles. The normalized spacial score (nSPS) is 16.2. The van der Waals surface area contributed by atoms with E-state index in [1.807, 2.05) is 18.2 Å². The second-order valence-corrected chi connectivity index (χ2v) is 5.64. The monoisotopic (exact) mass is 312 g/mol. The number of carbonyl (C=O) groups is 1. The fraction of sp³-hybridized carbons (Fsp3) is 0.462. The summed E-state index contributed by atoms with van der Waals surface area (Å²) in [7, 11) is 3.41. The molecule has 0 unspecified atom stereocenters. The van der Waals surface area contributed by atoms with E-state index < -0.39 is 5.54 Å². The van der Waals surface area contributed by atoms with Crippen LogP contribution in [0, 0.1) is 0 Å². The first kappa shape index (κ1) is 13.4. The van der Waals surface area contributed by atoms with Crippen LogP contribution in [0.2, 0.25) is 0 Å². The second kappa shape index (κ2) is 4.90. The molecule has 4 nitrogen and oxygen atoms in total. The van der Waals surface area contributed by atoms with E-state index in [1.54, 1.807) is 19.1 Å². The SMILES string of the molecule is COc1ccc(CN(C)C(=O)C2(N)CC2)cc1Br. The number of rotatable bonds is 4. The smallest absolute Gasteiger partial charge is 0.242 e. The van der Waals surface area contributed by atoms with Crippen molar-refractivity contribution in [3.8, 4) is 5.75 Å². The van der Waals surface area contributed by atoms with E-state index in [9.17, 15) is 4.79 Å². The number of nitrogens with zero attached hydrogens (tertiary/aromatic N) is 1. The molecule has 0 bridgehead atoms. The number of carbonyl (C=O) groups excluding carboxylic acids is 1. The largest absolute Gasteiger partial charge is 0.496 e. The van der Waals surface area contributed by atoms with Crippen molar-refractivity contribution in [2.24, 2.45) is 5.73 Å². The van der Waals surface area contributed by atoms with Gasteiger partial charge in [-0.1, -0.05) is 6.07 Å². The maximum atomic E-state index is 12.0. The molecule has 1 fully saturated rings. The Labute approximate surface area is 115 Å². The Morgan fingerprint density at radius 2 is 2.22 bits per heavy atom. The molecular weight excluding hydrogens is 296 g/mol. The van der Waals surface area contributed by atoms with E-state index >= 15 is 0 Å². The summed E-state index contributed by atoms with van der Waals surface area (Å²) in [6.45, 7) is 0.556. The van der Waals surface area contributed by atoms with Crippen molar-refractivity contribution >= 4 is 21.8 Å². The lowest BCUT2D eigenvalue weighted by Gasteiger charge is -2.21. The predicted molar refractivity (Wildman–Crippen MR) is 73.3 cm³/mol. The maximum Gasteiger partial charge on any atom is 0.242 e. The minimum atomic E-state index is -0.599. The molecule has 1 amide bonds. The highest BCUT2D eigenvalue weighted by Crippen LogP contribution is 2.34. The van der Waals surface area contributed by atoms with Gasteiger partial charge in [0.05, 0.1) is 17.1 Å². The van der Waals surface area contributed by atoms with Crippen LogP contribution in [0.15, 0.2) is 22.7 Å². The molecule has 0 heterocycles. The van der Waals surface area contributed by atoms with Crippen molar-refractivity contribution in [3.63, 3.8) is 0 Å². The summed E-state index contributed by atoms with van der Waals surface area (Å²) in [5.74, 6) is 0.805. The van der Waals surface area contributed by atoms with Gasteiger partial charge in [0.1, 0.15) is 5.75 Å². The molecule has 18 heavy (non-hydrogen) atoms. The summed E-state index contributed by atoms with van der Waals surface area (Å²) >= 11 is 3.43. The molecule has 1 aromatic rings. The lowest BCUT2D eigenvalue weighted by Crippen LogP contribution is -2.43. The number of benzene rings is 1. The van der Waals surface area contributed by atoms with Gasteiger partial charge in [-0.2, -0.15) is 0 Å². The zero-order valence-electron chi connectivity index (χ0n) is 10.6. The molecule has 1 aliphatic carbocycles. The van der Waals surface area contributed by atoms with E-state index in [0.717, 1.165) is 28.6 Å². The number of methoxy groups -OCH3 is 1. The van der Waals surface area contributed by atoms with E-state index in [0.29, 0.717) is 6.54 Å². The Balaban J connectivity index is 2.05. The second-order valence-electron chi connectivity index (χ2n) is 4.79. The van der Waals surface area contributed by atoms with Crippen LogP contribution < -0.4 is 10.5 Å². The lowest BCUT2D eigenvalue weighted by molar-refractivity contribution is -0.132. The first-order valence-electron chi connectivity index (χ1n) is 5.83. The summed E-state index contributed by atoms with van der Waals surface area (Å²) < 4.78 is 6.06. The van der Waals surface area contributed by atoms with Crippen molar-refractivity contribution in [2.75, 3.05) is 14.2 Å². The number of hydrogen-bond acceptors (Lipinski definition) is 3. The number of hydrogen-bond donors (Lipinski definition) is 1. The highest BCUT2D eigenvalue weighted by Gasteiger charge is 2.47. The fourth-order valence-corrected chi connectivity index (χ4v) is 2.47. The fourth-order valence-electron chi connectivity index (χ4n) is 1.88. The van der Waals surface area contributed by atoms with Crippen molar-refractivity contribution in [2.45, 2.75) is 24.9 Å². The van der Waals surface area contributed by atoms with Gasteiger partial charge < -0.3 is 15.4 Å². The van der Waals surface area contributed by atoms with Crippen molar-refractivity contribution in [1.29, 1.82) is 0 Å². The van der Waals surface area contributed by atoms with Gasteiger partial charge in [-0.15, -0.1) is 0 Å². The molecule has 5 heteroatoms. The van der Waals surface area contributed by atoms with Crippen LogP contribution in [-0.4, -0.2) is 30.5 Å². The summed E-state index contributed by atoms with van der Waals surface area (Å²) in [5, 5.41) is 0. The van der Waals surface area contributed by atoms with Gasteiger partial charge in [0.15, 0.2) is 0 Å². The van der Waals surface area contributed by atoms with Gasteiger partial charge in [0, 0.05) is 13.6 Å². The van der Waals surface area contributed by atoms with Gasteiger partial charge in [0.2, 0.25) is 5.91 Å². The van der Waals surface area contributed by atoms with Crippen LogP contribution in [0.4, 0.5) is 0 Å². The van der Waals surface area contributed by atoms with Gasteiger partial charge >= 0.3 is 0 Å². The average Bonchev–Trinajstić information content (AvgIpc) is 3.08. The van der Waals surface area contributed by atoms with E-state index in [2.05, 4.69) is 15.9 Å². The van der Waals surface area contributed by atoms with Gasteiger partial charge in [-0.3, -0.25) is 4.79 Å². The molecule has 0 saturated heterocycles. The number of likely N-dealkylation sites (N-methyl/N-ethyl adjacent to an activating group) is 1. The molecule has 0 atom stereocenters. The standard InChI is InChI=1S/C13H17BrN2O2/c1-16(12(17)13(15)5-6-13)8-9-3-4-11(18-2)10(14)7-9/h3-4,7H,5-6,8,15H2,1-2H3. The molecule has 0 aromatic heterocycles. The van der Waals surface area contributed by atoms with Crippen molar-refractivity contribution in [3.05, 3.63) is 28.2 Å². The Bertz CT molecular complexity index is 472. The van der Waals surface area contributed by atoms with Gasteiger partial charge in [0.25, 0.3) is 0 Å². The summed E-state index contributed by atoms with van der Waals surface area (Å²) in [4.78, 5) is 13.7. The summed E-state index contributed by atoms with van der Waals surface area (Å²) in [6, 6.07) is 5.79. The summed E-state index contributed by atoms with van der Waals surface area (Å²) in [6.07, 6.45) is 1.59.